The zero-order valence-electron chi connectivity index (χ0n) is 13.6. The summed E-state index contributed by atoms with van der Waals surface area (Å²) in [6.07, 6.45) is 2.35. The van der Waals surface area contributed by atoms with Crippen LogP contribution in [0.15, 0.2) is 30.3 Å². The zero-order valence-corrected chi connectivity index (χ0v) is 13.6. The van der Waals surface area contributed by atoms with Gasteiger partial charge in [-0.25, -0.2) is 0 Å². The molecule has 110 valence electrons. The molecule has 0 saturated heterocycles. The number of hydrogen-bond acceptors (Lipinski definition) is 1. The first-order chi connectivity index (χ1) is 10.1. The Hall–Kier alpha value is -1.60. The molecular formula is C20H25N. The summed E-state index contributed by atoms with van der Waals surface area (Å²) < 4.78 is 0. The van der Waals surface area contributed by atoms with Crippen molar-refractivity contribution >= 4 is 0 Å². The Labute approximate surface area is 128 Å². The Morgan fingerprint density at radius 1 is 0.810 bits per heavy atom. The summed E-state index contributed by atoms with van der Waals surface area (Å²) >= 11 is 0. The summed E-state index contributed by atoms with van der Waals surface area (Å²) in [4.78, 5) is 0. The summed E-state index contributed by atoms with van der Waals surface area (Å²) in [6, 6.07) is 11.3. The third-order valence-corrected chi connectivity index (χ3v) is 5.30. The second-order valence-corrected chi connectivity index (χ2v) is 6.43. The van der Waals surface area contributed by atoms with Crippen molar-refractivity contribution in [2.24, 2.45) is 0 Å². The summed E-state index contributed by atoms with van der Waals surface area (Å²) in [5.74, 6) is 0. The van der Waals surface area contributed by atoms with Crippen LogP contribution in [0.25, 0.3) is 0 Å². The quantitative estimate of drug-likeness (QED) is 0.889. The van der Waals surface area contributed by atoms with Crippen LogP contribution in [0.5, 0.6) is 0 Å². The predicted octanol–water partition coefficient (Wildman–Crippen LogP) is 4.18. The van der Waals surface area contributed by atoms with Crippen molar-refractivity contribution in [2.75, 3.05) is 0 Å². The highest BCUT2D eigenvalue weighted by molar-refractivity contribution is 5.52. The van der Waals surface area contributed by atoms with E-state index in [1.165, 1.54) is 40.7 Å². The molecule has 0 radical (unpaired) electrons. The number of rotatable bonds is 3. The van der Waals surface area contributed by atoms with Crippen molar-refractivity contribution in [3.05, 3.63) is 69.3 Å². The van der Waals surface area contributed by atoms with Gasteiger partial charge in [-0.1, -0.05) is 30.3 Å². The Balaban J connectivity index is 1.76. The molecule has 1 aliphatic carbocycles. The van der Waals surface area contributed by atoms with E-state index in [0.717, 1.165) is 6.54 Å². The van der Waals surface area contributed by atoms with Gasteiger partial charge in [0.1, 0.15) is 0 Å². The highest BCUT2D eigenvalue weighted by atomic mass is 14.9. The third kappa shape index (κ3) is 2.63. The zero-order chi connectivity index (χ0) is 15.0. The minimum atomic E-state index is 0.582. The summed E-state index contributed by atoms with van der Waals surface area (Å²) in [5.41, 5.74) is 10.6. The standard InChI is InChI=1S/C20H25N/c1-13-14(2)16(4)20-11-18(10-19(20)15(13)3)21-12-17-8-6-5-7-9-17/h5-9,18,21H,10-12H2,1-4H3. The molecule has 2 aromatic carbocycles. The van der Waals surface area contributed by atoms with Gasteiger partial charge in [-0.2, -0.15) is 0 Å². The lowest BCUT2D eigenvalue weighted by atomic mass is 9.90. The van der Waals surface area contributed by atoms with E-state index in [-0.39, 0.29) is 0 Å². The fourth-order valence-electron chi connectivity index (χ4n) is 3.59. The van der Waals surface area contributed by atoms with Crippen molar-refractivity contribution in [3.63, 3.8) is 0 Å². The van der Waals surface area contributed by atoms with E-state index in [1.807, 2.05) is 0 Å². The van der Waals surface area contributed by atoms with E-state index in [9.17, 15) is 0 Å². The van der Waals surface area contributed by atoms with Gasteiger partial charge in [0.15, 0.2) is 0 Å². The molecule has 1 N–H and O–H groups in total. The van der Waals surface area contributed by atoms with Gasteiger partial charge in [0.05, 0.1) is 0 Å². The molecule has 0 atom stereocenters. The highest BCUT2D eigenvalue weighted by Gasteiger charge is 2.26. The van der Waals surface area contributed by atoms with Gasteiger partial charge in [-0.15, -0.1) is 0 Å². The van der Waals surface area contributed by atoms with Crippen LogP contribution in [0.4, 0.5) is 0 Å². The molecule has 0 saturated carbocycles. The van der Waals surface area contributed by atoms with Crippen LogP contribution < -0.4 is 5.32 Å². The van der Waals surface area contributed by atoms with E-state index in [2.05, 4.69) is 63.3 Å². The van der Waals surface area contributed by atoms with Crippen LogP contribution in [0, 0.1) is 27.7 Å². The SMILES string of the molecule is Cc1c(C)c(C)c2c(c1C)CC(NCc1ccccc1)C2. The Morgan fingerprint density at radius 3 is 1.86 bits per heavy atom. The summed E-state index contributed by atoms with van der Waals surface area (Å²) in [6.45, 7) is 10.1. The first-order valence-electron chi connectivity index (χ1n) is 7.93. The molecular weight excluding hydrogens is 254 g/mol. The minimum absolute atomic E-state index is 0.582. The molecule has 2 aromatic rings. The lowest BCUT2D eigenvalue weighted by Crippen LogP contribution is -2.29. The Bertz CT molecular complexity index is 619. The van der Waals surface area contributed by atoms with E-state index >= 15 is 0 Å². The molecule has 21 heavy (non-hydrogen) atoms. The first kappa shape index (κ1) is 14.3. The molecule has 0 spiro atoms. The van der Waals surface area contributed by atoms with Gasteiger partial charge in [0.2, 0.25) is 0 Å². The van der Waals surface area contributed by atoms with E-state index in [1.54, 1.807) is 11.1 Å². The van der Waals surface area contributed by atoms with Crippen molar-refractivity contribution in [1.29, 1.82) is 0 Å². The summed E-state index contributed by atoms with van der Waals surface area (Å²) in [5, 5.41) is 3.74. The van der Waals surface area contributed by atoms with Gasteiger partial charge < -0.3 is 5.32 Å². The Morgan fingerprint density at radius 2 is 1.33 bits per heavy atom. The first-order valence-corrected chi connectivity index (χ1v) is 7.93. The highest BCUT2D eigenvalue weighted by Crippen LogP contribution is 2.33. The second kappa shape index (κ2) is 5.65. The minimum Gasteiger partial charge on any atom is -0.309 e. The molecule has 0 bridgehead atoms. The molecule has 0 amide bonds. The van der Waals surface area contributed by atoms with E-state index in [0.29, 0.717) is 6.04 Å². The van der Waals surface area contributed by atoms with Crippen LogP contribution in [0.2, 0.25) is 0 Å². The van der Waals surface area contributed by atoms with Crippen LogP contribution in [-0.4, -0.2) is 6.04 Å². The van der Waals surface area contributed by atoms with Gasteiger partial charge in [0.25, 0.3) is 0 Å². The fourth-order valence-corrected chi connectivity index (χ4v) is 3.59. The summed E-state index contributed by atoms with van der Waals surface area (Å²) in [7, 11) is 0. The molecule has 1 nitrogen and oxygen atoms in total. The third-order valence-electron chi connectivity index (χ3n) is 5.30. The van der Waals surface area contributed by atoms with Crippen molar-refractivity contribution in [1.82, 2.24) is 5.32 Å². The van der Waals surface area contributed by atoms with Crippen molar-refractivity contribution < 1.29 is 0 Å². The lowest BCUT2D eigenvalue weighted by Gasteiger charge is -2.15. The molecule has 0 aliphatic heterocycles. The van der Waals surface area contributed by atoms with Gasteiger partial charge in [-0.05, 0) is 79.5 Å². The second-order valence-electron chi connectivity index (χ2n) is 6.43. The average molecular weight is 279 g/mol. The number of nitrogens with one attached hydrogen (secondary N) is 1. The monoisotopic (exact) mass is 279 g/mol. The number of hydrogen-bond donors (Lipinski definition) is 1. The van der Waals surface area contributed by atoms with Gasteiger partial charge in [0, 0.05) is 12.6 Å². The van der Waals surface area contributed by atoms with Crippen LogP contribution in [0.3, 0.4) is 0 Å². The molecule has 0 aromatic heterocycles. The molecule has 1 heteroatoms. The van der Waals surface area contributed by atoms with Gasteiger partial charge in [-0.3, -0.25) is 0 Å². The van der Waals surface area contributed by atoms with Crippen molar-refractivity contribution in [3.8, 4) is 0 Å². The Kier molecular flexibility index (Phi) is 3.86. The number of benzene rings is 2. The number of fused-ring (bicyclic) bond motifs is 1. The van der Waals surface area contributed by atoms with E-state index in [4.69, 9.17) is 0 Å². The average Bonchev–Trinajstić information content (AvgIpc) is 2.94. The van der Waals surface area contributed by atoms with E-state index < -0.39 is 0 Å². The smallest absolute Gasteiger partial charge is 0.0208 e. The van der Waals surface area contributed by atoms with Crippen molar-refractivity contribution in [2.45, 2.75) is 53.1 Å². The van der Waals surface area contributed by atoms with Crippen LogP contribution in [-0.2, 0) is 19.4 Å². The topological polar surface area (TPSA) is 12.0 Å². The molecule has 1 aliphatic rings. The lowest BCUT2D eigenvalue weighted by molar-refractivity contribution is 0.532. The maximum Gasteiger partial charge on any atom is 0.0208 e. The fraction of sp³-hybridized carbons (Fsp3) is 0.400. The van der Waals surface area contributed by atoms with Gasteiger partial charge >= 0.3 is 0 Å². The maximum absolute atomic E-state index is 3.74. The van der Waals surface area contributed by atoms with Crippen LogP contribution in [0.1, 0.15) is 38.9 Å². The molecule has 3 rings (SSSR count). The predicted molar refractivity (Wildman–Crippen MR) is 89.9 cm³/mol. The molecule has 0 heterocycles. The molecule has 0 unspecified atom stereocenters. The molecule has 0 fully saturated rings. The normalized spacial score (nSPS) is 14.5. The maximum atomic E-state index is 3.74. The largest absolute Gasteiger partial charge is 0.309 e. The van der Waals surface area contributed by atoms with Crippen LogP contribution >= 0.6 is 0 Å².